The standard InChI is InChI=1S/C30H55F3N2O3SSi2/c1-26(2,3)39(36)35-24(23-15-21(16-29(10,32)33)20-34-25(23)31)19-30(38-41(13,14)28(7,8)9)17-22(18-30)37-40(11,12)27(4,5)6/h15,20,22,24,35H,16-19H2,1-14H3/t22?,24?,30?,39-/m1/s1. The summed E-state index contributed by atoms with van der Waals surface area (Å²) in [4.78, 5) is 3.84. The van der Waals surface area contributed by atoms with Crippen LogP contribution in [-0.4, -0.2) is 48.2 Å². The third kappa shape index (κ3) is 9.70. The topological polar surface area (TPSA) is 60.5 Å². The van der Waals surface area contributed by atoms with E-state index in [0.717, 1.165) is 13.1 Å². The Morgan fingerprint density at radius 3 is 1.95 bits per heavy atom. The van der Waals surface area contributed by atoms with Gasteiger partial charge in [0.1, 0.15) is 0 Å². The molecule has 0 bridgehead atoms. The van der Waals surface area contributed by atoms with Gasteiger partial charge in [-0.2, -0.15) is 4.39 Å². The highest BCUT2D eigenvalue weighted by molar-refractivity contribution is 7.84. The van der Waals surface area contributed by atoms with Gasteiger partial charge in [0, 0.05) is 31.0 Å². The molecule has 41 heavy (non-hydrogen) atoms. The second kappa shape index (κ2) is 12.1. The molecule has 1 aromatic heterocycles. The predicted molar refractivity (Wildman–Crippen MR) is 169 cm³/mol. The minimum absolute atomic E-state index is 0.00233. The molecule has 0 aliphatic heterocycles. The Morgan fingerprint density at radius 2 is 1.51 bits per heavy atom. The molecule has 1 aliphatic carbocycles. The van der Waals surface area contributed by atoms with E-state index in [4.69, 9.17) is 8.85 Å². The van der Waals surface area contributed by atoms with Crippen LogP contribution in [0.4, 0.5) is 13.2 Å². The number of alkyl halides is 2. The molecule has 1 N–H and O–H groups in total. The predicted octanol–water partition coefficient (Wildman–Crippen LogP) is 8.85. The monoisotopic (exact) mass is 636 g/mol. The van der Waals surface area contributed by atoms with E-state index in [1.807, 2.05) is 20.8 Å². The summed E-state index contributed by atoms with van der Waals surface area (Å²) >= 11 is 0. The maximum atomic E-state index is 15.4. The Morgan fingerprint density at radius 1 is 1.00 bits per heavy atom. The van der Waals surface area contributed by atoms with Crippen LogP contribution < -0.4 is 4.72 Å². The number of hydrogen-bond acceptors (Lipinski definition) is 4. The maximum Gasteiger partial charge on any atom is 0.249 e. The molecule has 0 aromatic carbocycles. The number of nitrogens with zero attached hydrogens (tertiary/aromatic N) is 1. The summed E-state index contributed by atoms with van der Waals surface area (Å²) in [5.41, 5.74) is -0.280. The quantitative estimate of drug-likeness (QED) is 0.195. The van der Waals surface area contributed by atoms with Crippen molar-refractivity contribution in [2.75, 3.05) is 0 Å². The summed E-state index contributed by atoms with van der Waals surface area (Å²) in [6.45, 7) is 28.4. The average Bonchev–Trinajstić information content (AvgIpc) is 2.69. The van der Waals surface area contributed by atoms with Crippen LogP contribution in [0.1, 0.15) is 106 Å². The molecule has 0 spiro atoms. The van der Waals surface area contributed by atoms with Crippen molar-refractivity contribution >= 4 is 27.6 Å². The number of halogens is 3. The van der Waals surface area contributed by atoms with Crippen LogP contribution in [0.3, 0.4) is 0 Å². The zero-order chi connectivity index (χ0) is 32.0. The van der Waals surface area contributed by atoms with Crippen molar-refractivity contribution in [1.29, 1.82) is 0 Å². The molecule has 2 atom stereocenters. The summed E-state index contributed by atoms with van der Waals surface area (Å²) in [5.74, 6) is -3.73. The minimum atomic E-state index is -2.97. The lowest BCUT2D eigenvalue weighted by molar-refractivity contribution is -0.105. The van der Waals surface area contributed by atoms with Gasteiger partial charge in [0.05, 0.1) is 33.5 Å². The van der Waals surface area contributed by atoms with Gasteiger partial charge >= 0.3 is 0 Å². The van der Waals surface area contributed by atoms with E-state index >= 15 is 4.39 Å². The van der Waals surface area contributed by atoms with E-state index < -0.39 is 62.3 Å². The van der Waals surface area contributed by atoms with Crippen molar-refractivity contribution in [1.82, 2.24) is 9.71 Å². The molecular weight excluding hydrogens is 582 g/mol. The van der Waals surface area contributed by atoms with Gasteiger partial charge in [-0.1, -0.05) is 41.5 Å². The van der Waals surface area contributed by atoms with Crippen molar-refractivity contribution < 1.29 is 26.2 Å². The van der Waals surface area contributed by atoms with Gasteiger partial charge in [0.25, 0.3) is 0 Å². The molecule has 238 valence electrons. The number of nitrogens with one attached hydrogen (secondary N) is 1. The molecule has 1 saturated carbocycles. The fourth-order valence-electron chi connectivity index (χ4n) is 4.54. The lowest BCUT2D eigenvalue weighted by Gasteiger charge is -2.56. The van der Waals surface area contributed by atoms with E-state index in [2.05, 4.69) is 77.4 Å². The molecular formula is C30H55F3N2O3SSi2. The maximum absolute atomic E-state index is 15.4. The van der Waals surface area contributed by atoms with E-state index in [-0.39, 0.29) is 27.3 Å². The van der Waals surface area contributed by atoms with Gasteiger partial charge in [-0.15, -0.1) is 0 Å². The average molecular weight is 637 g/mol. The molecule has 1 fully saturated rings. The Hall–Kier alpha value is -0.596. The molecule has 1 unspecified atom stereocenters. The summed E-state index contributed by atoms with van der Waals surface area (Å²) in [6.07, 6.45) is 2.19. The summed E-state index contributed by atoms with van der Waals surface area (Å²) in [6, 6.07) is 0.686. The number of hydrogen-bond donors (Lipinski definition) is 1. The summed E-state index contributed by atoms with van der Waals surface area (Å²) in [5, 5.41) is -0.0161. The molecule has 0 saturated heterocycles. The molecule has 5 nitrogen and oxygen atoms in total. The largest absolute Gasteiger partial charge is 0.414 e. The van der Waals surface area contributed by atoms with Gasteiger partial charge in [0.2, 0.25) is 11.9 Å². The van der Waals surface area contributed by atoms with Gasteiger partial charge < -0.3 is 8.85 Å². The third-order valence-corrected chi connectivity index (χ3v) is 19.6. The molecule has 1 aromatic rings. The molecule has 1 aliphatic rings. The van der Waals surface area contributed by atoms with Gasteiger partial charge in [-0.25, -0.2) is 22.7 Å². The number of pyridine rings is 1. The van der Waals surface area contributed by atoms with Crippen molar-refractivity contribution in [3.05, 3.63) is 29.3 Å². The van der Waals surface area contributed by atoms with E-state index in [1.165, 1.54) is 6.07 Å². The molecule has 0 amide bonds. The van der Waals surface area contributed by atoms with Gasteiger partial charge in [-0.05, 0) is 82.0 Å². The first-order valence-electron chi connectivity index (χ1n) is 14.7. The second-order valence-corrected chi connectivity index (χ2v) is 27.7. The highest BCUT2D eigenvalue weighted by Crippen LogP contribution is 2.52. The zero-order valence-electron chi connectivity index (χ0n) is 27.9. The first kappa shape index (κ1) is 36.6. The van der Waals surface area contributed by atoms with E-state index in [1.54, 1.807) is 0 Å². The van der Waals surface area contributed by atoms with Crippen LogP contribution in [0.2, 0.25) is 36.3 Å². The number of aromatic nitrogens is 1. The Kier molecular flexibility index (Phi) is 10.8. The van der Waals surface area contributed by atoms with E-state index in [0.29, 0.717) is 19.3 Å². The lowest BCUT2D eigenvalue weighted by atomic mass is 9.73. The van der Waals surface area contributed by atoms with Crippen LogP contribution in [0.5, 0.6) is 0 Å². The van der Waals surface area contributed by atoms with Crippen LogP contribution in [0, 0.1) is 5.95 Å². The Balaban J connectivity index is 2.55. The fourth-order valence-corrected chi connectivity index (χ4v) is 8.35. The fraction of sp³-hybridized carbons (Fsp3) is 0.833. The van der Waals surface area contributed by atoms with E-state index in [9.17, 15) is 13.0 Å². The van der Waals surface area contributed by atoms with Crippen LogP contribution in [0.25, 0.3) is 0 Å². The number of rotatable bonds is 11. The molecule has 0 radical (unpaired) electrons. The Labute approximate surface area is 252 Å². The van der Waals surface area contributed by atoms with Crippen molar-refractivity contribution in [3.63, 3.8) is 0 Å². The molecule has 1 heterocycles. The smallest absolute Gasteiger partial charge is 0.249 e. The lowest BCUT2D eigenvalue weighted by Crippen LogP contribution is -2.61. The molecule has 2 rings (SSSR count). The summed E-state index contributed by atoms with van der Waals surface area (Å²) in [7, 11) is -5.88. The zero-order valence-corrected chi connectivity index (χ0v) is 30.7. The second-order valence-electron chi connectivity index (χ2n) is 16.2. The Bertz CT molecular complexity index is 1080. The van der Waals surface area contributed by atoms with Gasteiger partial charge in [-0.3, -0.25) is 0 Å². The van der Waals surface area contributed by atoms with Gasteiger partial charge in [0.15, 0.2) is 16.6 Å². The van der Waals surface area contributed by atoms with Crippen molar-refractivity contribution in [2.45, 2.75) is 160 Å². The van der Waals surface area contributed by atoms with Crippen LogP contribution in [-0.2, 0) is 26.3 Å². The normalized spacial score (nSPS) is 22.8. The SMILES string of the molecule is CC(F)(F)Cc1cnc(F)c(C(CC2(O[Si](C)(C)C(C)(C)C)CC(O[Si](C)(C)C(C)(C)C)C2)N[S@](=O)C(C)(C)C)c1. The van der Waals surface area contributed by atoms with Crippen molar-refractivity contribution in [3.8, 4) is 0 Å². The third-order valence-electron chi connectivity index (χ3n) is 8.94. The highest BCUT2D eigenvalue weighted by Gasteiger charge is 2.55. The first-order valence-corrected chi connectivity index (χ1v) is 21.6. The highest BCUT2D eigenvalue weighted by atomic mass is 32.2. The van der Waals surface area contributed by atoms with Crippen molar-refractivity contribution in [2.24, 2.45) is 0 Å². The molecule has 11 heteroatoms. The van der Waals surface area contributed by atoms with Crippen LogP contribution >= 0.6 is 0 Å². The first-order chi connectivity index (χ1) is 18.1. The minimum Gasteiger partial charge on any atom is -0.414 e. The summed E-state index contributed by atoms with van der Waals surface area (Å²) < 4.78 is 72.9. The van der Waals surface area contributed by atoms with Crippen LogP contribution in [0.15, 0.2) is 12.3 Å².